The number of benzene rings is 1. The molecule has 0 aliphatic carbocycles. The van der Waals surface area contributed by atoms with E-state index in [1.165, 1.54) is 4.90 Å². The third-order valence-corrected chi connectivity index (χ3v) is 3.33. The average molecular weight is 279 g/mol. The normalized spacial score (nSPS) is 14.7. The molecule has 0 bridgehead atoms. The van der Waals surface area contributed by atoms with E-state index in [1.807, 2.05) is 30.3 Å². The molecule has 0 spiro atoms. The minimum Gasteiger partial charge on any atom is -0.409 e. The molecule has 2 atom stereocenters. The van der Waals surface area contributed by atoms with Crippen LogP contribution in [0.25, 0.3) is 0 Å². The molecule has 2 unspecified atom stereocenters. The summed E-state index contributed by atoms with van der Waals surface area (Å²) in [5.74, 6) is -1.16. The Morgan fingerprint density at radius 1 is 1.40 bits per heavy atom. The molecular formula is C14H21N3O3. The molecule has 6 heteroatoms. The molecule has 0 heterocycles. The lowest BCUT2D eigenvalue weighted by atomic mass is 9.96. The highest BCUT2D eigenvalue weighted by Crippen LogP contribution is 2.13. The number of carbonyl (C=O) groups is 1. The van der Waals surface area contributed by atoms with Crippen LogP contribution < -0.4 is 5.73 Å². The van der Waals surface area contributed by atoms with E-state index in [0.29, 0.717) is 6.42 Å². The Hall–Kier alpha value is -2.08. The predicted octanol–water partition coefficient (Wildman–Crippen LogP) is 0.431. The highest BCUT2D eigenvalue weighted by Gasteiger charge is 2.28. The van der Waals surface area contributed by atoms with Gasteiger partial charge in [0.1, 0.15) is 5.92 Å². The number of carbonyl (C=O) groups excluding carboxylic acids is 1. The molecule has 1 aromatic rings. The summed E-state index contributed by atoms with van der Waals surface area (Å²) in [7, 11) is 1.59. The molecule has 0 saturated heterocycles. The number of likely N-dealkylation sites (N-methyl/N-ethyl adjacent to an activating group) is 1. The molecule has 110 valence electrons. The number of amidine groups is 1. The summed E-state index contributed by atoms with van der Waals surface area (Å²) in [5.41, 5.74) is 6.55. The van der Waals surface area contributed by atoms with Gasteiger partial charge in [-0.05, 0) is 18.9 Å². The summed E-state index contributed by atoms with van der Waals surface area (Å²) in [6.45, 7) is 1.58. The number of hydrogen-bond donors (Lipinski definition) is 3. The molecule has 0 fully saturated rings. The monoisotopic (exact) mass is 279 g/mol. The minimum atomic E-state index is -0.749. The summed E-state index contributed by atoms with van der Waals surface area (Å²) in [5, 5.41) is 20.9. The van der Waals surface area contributed by atoms with Crippen molar-refractivity contribution in [1.82, 2.24) is 4.90 Å². The van der Waals surface area contributed by atoms with Crippen LogP contribution in [-0.2, 0) is 11.2 Å². The van der Waals surface area contributed by atoms with Crippen molar-refractivity contribution < 1.29 is 15.1 Å². The first-order valence-corrected chi connectivity index (χ1v) is 6.40. The Bertz CT molecular complexity index is 462. The van der Waals surface area contributed by atoms with E-state index in [0.717, 1.165) is 5.56 Å². The molecule has 1 aromatic carbocycles. The van der Waals surface area contributed by atoms with Crippen molar-refractivity contribution in [2.75, 3.05) is 13.7 Å². The van der Waals surface area contributed by atoms with Crippen LogP contribution in [0.2, 0.25) is 0 Å². The largest absolute Gasteiger partial charge is 0.409 e. The maximum atomic E-state index is 12.4. The lowest BCUT2D eigenvalue weighted by Crippen LogP contribution is -2.45. The summed E-state index contributed by atoms with van der Waals surface area (Å²) in [6, 6.07) is 9.03. The number of amides is 1. The van der Waals surface area contributed by atoms with Gasteiger partial charge in [0.25, 0.3) is 0 Å². The molecule has 0 aliphatic rings. The van der Waals surface area contributed by atoms with Crippen molar-refractivity contribution in [3.05, 3.63) is 35.9 Å². The van der Waals surface area contributed by atoms with E-state index in [-0.39, 0.29) is 24.4 Å². The highest BCUT2D eigenvalue weighted by atomic mass is 16.4. The van der Waals surface area contributed by atoms with Gasteiger partial charge in [0, 0.05) is 7.05 Å². The first-order chi connectivity index (χ1) is 9.51. The summed E-state index contributed by atoms with van der Waals surface area (Å²) < 4.78 is 0. The molecule has 0 aliphatic heterocycles. The Morgan fingerprint density at radius 2 is 2.00 bits per heavy atom. The molecule has 6 nitrogen and oxygen atoms in total. The van der Waals surface area contributed by atoms with Gasteiger partial charge in [-0.15, -0.1) is 0 Å². The standard InChI is InChI=1S/C14H21N3O3/c1-10(9-18)17(2)14(19)12(13(15)16-20)8-11-6-4-3-5-7-11/h3-7,10,12,18,20H,8-9H2,1-2H3,(H2,15,16). The van der Waals surface area contributed by atoms with E-state index >= 15 is 0 Å². The highest BCUT2D eigenvalue weighted by molar-refractivity contribution is 6.02. The topological polar surface area (TPSA) is 99.2 Å². The minimum absolute atomic E-state index is 0.129. The lowest BCUT2D eigenvalue weighted by Gasteiger charge is -2.27. The molecule has 1 rings (SSSR count). The number of oxime groups is 1. The fraction of sp³-hybridized carbons (Fsp3) is 0.429. The van der Waals surface area contributed by atoms with E-state index in [4.69, 9.17) is 16.0 Å². The van der Waals surface area contributed by atoms with E-state index < -0.39 is 5.92 Å². The molecular weight excluding hydrogens is 258 g/mol. The van der Waals surface area contributed by atoms with Crippen molar-refractivity contribution in [2.45, 2.75) is 19.4 Å². The zero-order valence-corrected chi connectivity index (χ0v) is 11.7. The van der Waals surface area contributed by atoms with Crippen molar-refractivity contribution in [3.63, 3.8) is 0 Å². The van der Waals surface area contributed by atoms with E-state index in [1.54, 1.807) is 14.0 Å². The fourth-order valence-electron chi connectivity index (χ4n) is 1.82. The van der Waals surface area contributed by atoms with Gasteiger partial charge < -0.3 is 20.9 Å². The lowest BCUT2D eigenvalue weighted by molar-refractivity contribution is -0.134. The zero-order valence-electron chi connectivity index (χ0n) is 11.7. The van der Waals surface area contributed by atoms with Crippen LogP contribution in [-0.4, -0.2) is 46.7 Å². The van der Waals surface area contributed by atoms with Gasteiger partial charge in [0.15, 0.2) is 5.84 Å². The van der Waals surface area contributed by atoms with Gasteiger partial charge in [-0.3, -0.25) is 4.79 Å². The first kappa shape index (κ1) is 16.0. The second kappa shape index (κ2) is 7.49. The molecule has 1 amide bonds. The molecule has 20 heavy (non-hydrogen) atoms. The van der Waals surface area contributed by atoms with Gasteiger partial charge >= 0.3 is 0 Å². The third kappa shape index (κ3) is 3.96. The van der Waals surface area contributed by atoms with Crippen LogP contribution in [0.5, 0.6) is 0 Å². The molecule has 4 N–H and O–H groups in total. The smallest absolute Gasteiger partial charge is 0.233 e. The SMILES string of the molecule is CC(CO)N(C)C(=O)C(Cc1ccccc1)/C(N)=N/O. The van der Waals surface area contributed by atoms with Crippen LogP contribution in [0, 0.1) is 5.92 Å². The molecule has 0 aromatic heterocycles. The van der Waals surface area contributed by atoms with Crippen LogP contribution in [0.1, 0.15) is 12.5 Å². The second-order valence-electron chi connectivity index (χ2n) is 4.75. The third-order valence-electron chi connectivity index (χ3n) is 3.33. The summed E-state index contributed by atoms with van der Waals surface area (Å²) >= 11 is 0. The second-order valence-corrected chi connectivity index (χ2v) is 4.75. The molecule has 0 radical (unpaired) electrons. The number of nitrogens with two attached hydrogens (primary N) is 1. The van der Waals surface area contributed by atoms with Gasteiger partial charge in [-0.25, -0.2) is 0 Å². The number of aliphatic hydroxyl groups is 1. The van der Waals surface area contributed by atoms with Gasteiger partial charge in [0.05, 0.1) is 12.6 Å². The predicted molar refractivity (Wildman–Crippen MR) is 76.4 cm³/mol. The van der Waals surface area contributed by atoms with E-state index in [2.05, 4.69) is 5.16 Å². The van der Waals surface area contributed by atoms with Crippen molar-refractivity contribution in [3.8, 4) is 0 Å². The van der Waals surface area contributed by atoms with Gasteiger partial charge in [0.2, 0.25) is 5.91 Å². The summed E-state index contributed by atoms with van der Waals surface area (Å²) in [6.07, 6.45) is 0.345. The van der Waals surface area contributed by atoms with Crippen LogP contribution in [0.15, 0.2) is 35.5 Å². The van der Waals surface area contributed by atoms with Crippen LogP contribution in [0.4, 0.5) is 0 Å². The van der Waals surface area contributed by atoms with Crippen molar-refractivity contribution >= 4 is 11.7 Å². The maximum absolute atomic E-state index is 12.4. The molecule has 0 saturated carbocycles. The van der Waals surface area contributed by atoms with Crippen LogP contribution >= 0.6 is 0 Å². The quantitative estimate of drug-likeness (QED) is 0.304. The Labute approximate surface area is 118 Å². The first-order valence-electron chi connectivity index (χ1n) is 6.40. The zero-order chi connectivity index (χ0) is 15.1. The fourth-order valence-corrected chi connectivity index (χ4v) is 1.82. The summed E-state index contributed by atoms with van der Waals surface area (Å²) in [4.78, 5) is 13.8. The Balaban J connectivity index is 2.93. The average Bonchev–Trinajstić information content (AvgIpc) is 2.50. The maximum Gasteiger partial charge on any atom is 0.233 e. The Morgan fingerprint density at radius 3 is 2.50 bits per heavy atom. The Kier molecular flexibility index (Phi) is 5.99. The van der Waals surface area contributed by atoms with E-state index in [9.17, 15) is 4.79 Å². The van der Waals surface area contributed by atoms with Crippen LogP contribution in [0.3, 0.4) is 0 Å². The van der Waals surface area contributed by atoms with Gasteiger partial charge in [-0.2, -0.15) is 0 Å². The number of rotatable bonds is 6. The number of hydrogen-bond acceptors (Lipinski definition) is 4. The van der Waals surface area contributed by atoms with Crippen molar-refractivity contribution in [1.29, 1.82) is 0 Å². The number of aliphatic hydroxyl groups excluding tert-OH is 1. The van der Waals surface area contributed by atoms with Crippen molar-refractivity contribution in [2.24, 2.45) is 16.8 Å². The number of nitrogens with zero attached hydrogens (tertiary/aromatic N) is 2. The van der Waals surface area contributed by atoms with Gasteiger partial charge in [-0.1, -0.05) is 35.5 Å².